The normalized spacial score (nSPS) is 11.7. The van der Waals surface area contributed by atoms with E-state index >= 15 is 0 Å². The highest BCUT2D eigenvalue weighted by atomic mass is 32.2. The number of benzene rings is 2. The number of sulfonamides is 1. The number of carbonyl (C=O) groups excluding carboxylic acids is 2. The third-order valence-electron chi connectivity index (χ3n) is 3.87. The fraction of sp³-hybridized carbons (Fsp3) is 0.333. The lowest BCUT2D eigenvalue weighted by atomic mass is 10.1. The summed E-state index contributed by atoms with van der Waals surface area (Å²) in [5.74, 6) is -1.20. The van der Waals surface area contributed by atoms with Crippen LogP contribution in [0.1, 0.15) is 42.3 Å². The second-order valence-electron chi connectivity index (χ2n) is 7.66. The van der Waals surface area contributed by atoms with Crippen molar-refractivity contribution in [1.29, 1.82) is 0 Å². The molecule has 0 heterocycles. The van der Waals surface area contributed by atoms with Crippen molar-refractivity contribution in [2.24, 2.45) is 0 Å². The van der Waals surface area contributed by atoms with E-state index in [0.29, 0.717) is 5.56 Å². The van der Waals surface area contributed by atoms with E-state index in [1.165, 1.54) is 18.2 Å². The number of rotatable bonds is 7. The Bertz CT molecular complexity index is 980. The second-order valence-corrected chi connectivity index (χ2v) is 9.40. The largest absolute Gasteiger partial charge is 0.452 e. The number of esters is 1. The van der Waals surface area contributed by atoms with Gasteiger partial charge in [0.05, 0.1) is 10.5 Å². The molecule has 0 aromatic heterocycles. The van der Waals surface area contributed by atoms with Crippen LogP contribution in [-0.2, 0) is 26.1 Å². The maximum Gasteiger partial charge on any atom is 0.338 e. The van der Waals surface area contributed by atoms with Crippen LogP contribution < -0.4 is 10.0 Å². The highest BCUT2D eigenvalue weighted by molar-refractivity contribution is 7.89. The topological polar surface area (TPSA) is 102 Å². The number of carbonyl (C=O) groups is 2. The van der Waals surface area contributed by atoms with Crippen molar-refractivity contribution in [3.05, 3.63) is 65.2 Å². The molecular formula is C21H26N2O5S. The van der Waals surface area contributed by atoms with Gasteiger partial charge in [-0.05, 0) is 51.0 Å². The summed E-state index contributed by atoms with van der Waals surface area (Å²) in [4.78, 5) is 24.1. The van der Waals surface area contributed by atoms with Crippen molar-refractivity contribution < 1.29 is 22.7 Å². The van der Waals surface area contributed by atoms with Crippen LogP contribution in [0, 0.1) is 6.92 Å². The molecule has 0 spiro atoms. The molecule has 2 N–H and O–H groups in total. The van der Waals surface area contributed by atoms with Gasteiger partial charge < -0.3 is 10.1 Å². The SMILES string of the molecule is Cc1ccc(C(=O)OCC(=O)NC(C)(C)C)cc1S(=O)(=O)NCc1ccccc1. The van der Waals surface area contributed by atoms with E-state index in [0.717, 1.165) is 5.56 Å². The molecule has 0 saturated carbocycles. The van der Waals surface area contributed by atoms with Crippen molar-refractivity contribution >= 4 is 21.9 Å². The molecule has 0 radical (unpaired) electrons. The van der Waals surface area contributed by atoms with Gasteiger partial charge in [0.2, 0.25) is 10.0 Å². The minimum atomic E-state index is -3.84. The summed E-state index contributed by atoms with van der Waals surface area (Å²) in [5.41, 5.74) is 0.917. The number of hydrogen-bond donors (Lipinski definition) is 2. The van der Waals surface area contributed by atoms with E-state index in [1.807, 2.05) is 51.1 Å². The zero-order valence-corrected chi connectivity index (χ0v) is 17.8. The quantitative estimate of drug-likeness (QED) is 0.673. The van der Waals surface area contributed by atoms with E-state index < -0.39 is 34.0 Å². The molecule has 8 heteroatoms. The molecular weight excluding hydrogens is 392 g/mol. The predicted octanol–water partition coefficient (Wildman–Crippen LogP) is 2.55. The van der Waals surface area contributed by atoms with Crippen molar-refractivity contribution in [1.82, 2.24) is 10.0 Å². The summed E-state index contributed by atoms with van der Waals surface area (Å²) >= 11 is 0. The average molecular weight is 419 g/mol. The van der Waals surface area contributed by atoms with E-state index in [4.69, 9.17) is 4.74 Å². The third kappa shape index (κ3) is 6.99. The molecule has 0 saturated heterocycles. The van der Waals surface area contributed by atoms with E-state index in [9.17, 15) is 18.0 Å². The van der Waals surface area contributed by atoms with Gasteiger partial charge in [-0.3, -0.25) is 4.79 Å². The molecule has 0 atom stereocenters. The number of nitrogens with one attached hydrogen (secondary N) is 2. The van der Waals surface area contributed by atoms with Gasteiger partial charge in [-0.25, -0.2) is 17.9 Å². The molecule has 29 heavy (non-hydrogen) atoms. The van der Waals surface area contributed by atoms with E-state index in [1.54, 1.807) is 6.92 Å². The van der Waals surface area contributed by atoms with E-state index in [2.05, 4.69) is 10.0 Å². The lowest BCUT2D eigenvalue weighted by Gasteiger charge is -2.20. The summed E-state index contributed by atoms with van der Waals surface area (Å²) in [7, 11) is -3.84. The highest BCUT2D eigenvalue weighted by Gasteiger charge is 2.21. The van der Waals surface area contributed by atoms with Gasteiger partial charge >= 0.3 is 5.97 Å². The Hall–Kier alpha value is -2.71. The molecule has 7 nitrogen and oxygen atoms in total. The monoisotopic (exact) mass is 418 g/mol. The third-order valence-corrected chi connectivity index (χ3v) is 5.41. The summed E-state index contributed by atoms with van der Waals surface area (Å²) in [5, 5.41) is 2.68. The highest BCUT2D eigenvalue weighted by Crippen LogP contribution is 2.18. The summed E-state index contributed by atoms with van der Waals surface area (Å²) in [6.07, 6.45) is 0. The molecule has 0 unspecified atom stereocenters. The van der Waals surface area contributed by atoms with Crippen molar-refractivity contribution in [3.8, 4) is 0 Å². The maximum atomic E-state index is 12.7. The first-order valence-electron chi connectivity index (χ1n) is 9.10. The zero-order valence-electron chi connectivity index (χ0n) is 17.0. The Labute approximate surface area is 171 Å². The van der Waals surface area contributed by atoms with Crippen molar-refractivity contribution in [2.75, 3.05) is 6.61 Å². The van der Waals surface area contributed by atoms with Crippen LogP contribution in [0.25, 0.3) is 0 Å². The van der Waals surface area contributed by atoms with Gasteiger partial charge in [0.25, 0.3) is 5.91 Å². The molecule has 0 aliphatic heterocycles. The number of aryl methyl sites for hydroxylation is 1. The van der Waals surface area contributed by atoms with Gasteiger partial charge in [-0.15, -0.1) is 0 Å². The first-order chi connectivity index (χ1) is 13.5. The molecule has 0 fully saturated rings. The zero-order chi connectivity index (χ0) is 21.7. The van der Waals surface area contributed by atoms with Crippen LogP contribution in [0.4, 0.5) is 0 Å². The molecule has 0 aliphatic rings. The van der Waals surface area contributed by atoms with Crippen LogP contribution in [0.15, 0.2) is 53.4 Å². The van der Waals surface area contributed by atoms with Gasteiger partial charge in [-0.1, -0.05) is 36.4 Å². The van der Waals surface area contributed by atoms with Crippen molar-refractivity contribution in [2.45, 2.75) is 44.7 Å². The predicted molar refractivity (Wildman–Crippen MR) is 110 cm³/mol. The van der Waals surface area contributed by atoms with Crippen LogP contribution >= 0.6 is 0 Å². The Morgan fingerprint density at radius 3 is 2.31 bits per heavy atom. The van der Waals surface area contributed by atoms with Gasteiger partial charge in [0.1, 0.15) is 0 Å². The minimum absolute atomic E-state index is 0.0120. The Morgan fingerprint density at radius 2 is 1.69 bits per heavy atom. The summed E-state index contributed by atoms with van der Waals surface area (Å²) < 4.78 is 32.9. The van der Waals surface area contributed by atoms with Crippen LogP contribution in [0.2, 0.25) is 0 Å². The van der Waals surface area contributed by atoms with Crippen LogP contribution in [0.3, 0.4) is 0 Å². The Kier molecular flexibility index (Phi) is 7.16. The minimum Gasteiger partial charge on any atom is -0.452 e. The number of amides is 1. The first-order valence-corrected chi connectivity index (χ1v) is 10.6. The molecule has 2 aromatic rings. The lowest BCUT2D eigenvalue weighted by Crippen LogP contribution is -2.42. The molecule has 0 aliphatic carbocycles. The first kappa shape index (κ1) is 22.6. The van der Waals surface area contributed by atoms with Crippen LogP contribution in [-0.4, -0.2) is 32.4 Å². The van der Waals surface area contributed by atoms with E-state index in [-0.39, 0.29) is 17.0 Å². The van der Waals surface area contributed by atoms with Crippen LogP contribution in [0.5, 0.6) is 0 Å². The smallest absolute Gasteiger partial charge is 0.338 e. The lowest BCUT2D eigenvalue weighted by molar-refractivity contribution is -0.125. The van der Waals surface area contributed by atoms with Gasteiger partial charge in [-0.2, -0.15) is 0 Å². The Morgan fingerprint density at radius 1 is 1.03 bits per heavy atom. The van der Waals surface area contributed by atoms with Gasteiger partial charge in [0, 0.05) is 12.1 Å². The maximum absolute atomic E-state index is 12.7. The Balaban J connectivity index is 2.10. The number of ether oxygens (including phenoxy) is 1. The average Bonchev–Trinajstić information content (AvgIpc) is 2.64. The van der Waals surface area contributed by atoms with Gasteiger partial charge in [0.15, 0.2) is 6.61 Å². The molecule has 156 valence electrons. The fourth-order valence-electron chi connectivity index (χ4n) is 2.54. The van der Waals surface area contributed by atoms with Crippen molar-refractivity contribution in [3.63, 3.8) is 0 Å². The summed E-state index contributed by atoms with van der Waals surface area (Å²) in [6.45, 7) is 6.76. The molecule has 0 bridgehead atoms. The standard InChI is InChI=1S/C21H26N2O5S/c1-15-10-11-17(20(25)28-14-19(24)23-21(2,3)4)12-18(15)29(26,27)22-13-16-8-6-5-7-9-16/h5-12,22H,13-14H2,1-4H3,(H,23,24). The number of hydrogen-bond acceptors (Lipinski definition) is 5. The summed E-state index contributed by atoms with van der Waals surface area (Å²) in [6, 6.07) is 13.4. The second kappa shape index (κ2) is 9.19. The molecule has 2 rings (SSSR count). The molecule has 2 aromatic carbocycles. The molecule has 1 amide bonds. The fourth-order valence-corrected chi connectivity index (χ4v) is 3.82.